The molecule has 0 aromatic heterocycles. The normalized spacial score (nSPS) is 10.8. The third kappa shape index (κ3) is 5.57. The zero-order valence-corrected chi connectivity index (χ0v) is 14.9. The van der Waals surface area contributed by atoms with Crippen LogP contribution in [0.3, 0.4) is 0 Å². The number of hydrogen-bond acceptors (Lipinski definition) is 4. The van der Waals surface area contributed by atoms with Gasteiger partial charge < -0.3 is 19.5 Å². The van der Waals surface area contributed by atoms with Crippen LogP contribution in [0.15, 0.2) is 48.5 Å². The van der Waals surface area contributed by atoms with E-state index >= 15 is 0 Å². The molecule has 0 aliphatic rings. The van der Waals surface area contributed by atoms with Gasteiger partial charge in [-0.3, -0.25) is 4.79 Å². The Kier molecular flexibility index (Phi) is 6.46. The number of carbonyl (C=O) groups is 1. The lowest BCUT2D eigenvalue weighted by atomic mass is 10.1. The van der Waals surface area contributed by atoms with Crippen molar-refractivity contribution in [2.45, 2.75) is 20.0 Å². The van der Waals surface area contributed by atoms with Crippen LogP contribution in [0.2, 0.25) is 0 Å². The molecule has 2 rings (SSSR count). The van der Waals surface area contributed by atoms with Crippen molar-refractivity contribution in [3.63, 3.8) is 0 Å². The maximum Gasteiger partial charge on any atom is 0.248 e. The molecule has 0 heterocycles. The number of amides is 1. The second-order valence-corrected chi connectivity index (χ2v) is 5.62. The standard InChI is InChI=1S/C20H23NO4/c1-14(2)25-17-10-7-16(8-11-17)21-20(22)12-6-15-5-9-18(23-3)13-19(15)24-4/h5-14H,1-4H3,(H,21,22)/b12-6+. The topological polar surface area (TPSA) is 56.8 Å². The van der Waals surface area contributed by atoms with E-state index in [1.165, 1.54) is 6.08 Å². The van der Waals surface area contributed by atoms with E-state index in [0.29, 0.717) is 17.2 Å². The molecule has 0 bridgehead atoms. The molecule has 0 spiro atoms. The van der Waals surface area contributed by atoms with Gasteiger partial charge in [0.15, 0.2) is 0 Å². The lowest BCUT2D eigenvalue weighted by Gasteiger charge is -2.10. The summed E-state index contributed by atoms with van der Waals surface area (Å²) in [5.41, 5.74) is 1.49. The maximum absolute atomic E-state index is 12.1. The number of methoxy groups -OCH3 is 2. The van der Waals surface area contributed by atoms with Crippen LogP contribution in [0.5, 0.6) is 17.2 Å². The minimum absolute atomic E-state index is 0.114. The molecule has 1 N–H and O–H groups in total. The first-order valence-corrected chi connectivity index (χ1v) is 7.99. The predicted molar refractivity (Wildman–Crippen MR) is 99.4 cm³/mol. The molecule has 5 heteroatoms. The smallest absolute Gasteiger partial charge is 0.248 e. The Morgan fingerprint density at radius 2 is 1.68 bits per heavy atom. The highest BCUT2D eigenvalue weighted by molar-refractivity contribution is 6.02. The number of benzene rings is 2. The van der Waals surface area contributed by atoms with E-state index in [2.05, 4.69) is 5.32 Å². The Hall–Kier alpha value is -2.95. The molecule has 0 saturated carbocycles. The molecular weight excluding hydrogens is 318 g/mol. The number of rotatable bonds is 7. The van der Waals surface area contributed by atoms with Crippen molar-refractivity contribution in [1.82, 2.24) is 0 Å². The SMILES string of the molecule is COc1ccc(/C=C/C(=O)Nc2ccc(OC(C)C)cc2)c(OC)c1. The molecule has 0 aliphatic heterocycles. The largest absolute Gasteiger partial charge is 0.497 e. The number of carbonyl (C=O) groups excluding carboxylic acids is 1. The molecule has 2 aromatic carbocycles. The fraction of sp³-hybridized carbons (Fsp3) is 0.250. The zero-order valence-electron chi connectivity index (χ0n) is 14.9. The highest BCUT2D eigenvalue weighted by Gasteiger charge is 2.04. The van der Waals surface area contributed by atoms with Crippen molar-refractivity contribution in [2.24, 2.45) is 0 Å². The van der Waals surface area contributed by atoms with Gasteiger partial charge in [0.2, 0.25) is 5.91 Å². The minimum Gasteiger partial charge on any atom is -0.497 e. The second kappa shape index (κ2) is 8.78. The minimum atomic E-state index is -0.226. The van der Waals surface area contributed by atoms with Gasteiger partial charge in [-0.15, -0.1) is 0 Å². The van der Waals surface area contributed by atoms with Crippen LogP contribution in [0.25, 0.3) is 6.08 Å². The Morgan fingerprint density at radius 1 is 1.00 bits per heavy atom. The highest BCUT2D eigenvalue weighted by Crippen LogP contribution is 2.25. The summed E-state index contributed by atoms with van der Waals surface area (Å²) >= 11 is 0. The van der Waals surface area contributed by atoms with Crippen molar-refractivity contribution in [1.29, 1.82) is 0 Å². The summed E-state index contributed by atoms with van der Waals surface area (Å²) in [6.07, 6.45) is 3.27. The summed E-state index contributed by atoms with van der Waals surface area (Å²) in [5, 5.41) is 2.81. The van der Waals surface area contributed by atoms with Crippen molar-refractivity contribution >= 4 is 17.7 Å². The number of nitrogens with one attached hydrogen (secondary N) is 1. The number of ether oxygens (including phenoxy) is 3. The Morgan fingerprint density at radius 3 is 2.28 bits per heavy atom. The first kappa shape index (κ1) is 18.4. The van der Waals surface area contributed by atoms with Crippen LogP contribution < -0.4 is 19.5 Å². The fourth-order valence-corrected chi connectivity index (χ4v) is 2.19. The van der Waals surface area contributed by atoms with E-state index < -0.39 is 0 Å². The quantitative estimate of drug-likeness (QED) is 0.769. The zero-order chi connectivity index (χ0) is 18.2. The molecule has 1 amide bonds. The number of anilines is 1. The van der Waals surface area contributed by atoms with Crippen molar-refractivity contribution in [3.05, 3.63) is 54.1 Å². The maximum atomic E-state index is 12.1. The molecule has 132 valence electrons. The molecule has 0 fully saturated rings. The van der Waals surface area contributed by atoms with E-state index in [9.17, 15) is 4.79 Å². The van der Waals surface area contributed by atoms with Crippen LogP contribution in [-0.2, 0) is 4.79 Å². The van der Waals surface area contributed by atoms with E-state index in [-0.39, 0.29) is 12.0 Å². The van der Waals surface area contributed by atoms with Crippen molar-refractivity contribution in [2.75, 3.05) is 19.5 Å². The van der Waals surface area contributed by atoms with E-state index in [1.807, 2.05) is 38.1 Å². The van der Waals surface area contributed by atoms with E-state index in [0.717, 1.165) is 11.3 Å². The van der Waals surface area contributed by atoms with Gasteiger partial charge in [-0.2, -0.15) is 0 Å². The van der Waals surface area contributed by atoms with Gasteiger partial charge in [0.05, 0.1) is 20.3 Å². The highest BCUT2D eigenvalue weighted by atomic mass is 16.5. The molecule has 2 aromatic rings. The summed E-state index contributed by atoms with van der Waals surface area (Å²) in [6.45, 7) is 3.93. The molecule has 0 radical (unpaired) electrons. The van der Waals surface area contributed by atoms with Gasteiger partial charge >= 0.3 is 0 Å². The molecule has 0 atom stereocenters. The second-order valence-electron chi connectivity index (χ2n) is 5.62. The fourth-order valence-electron chi connectivity index (χ4n) is 2.19. The van der Waals surface area contributed by atoms with Crippen molar-refractivity contribution in [3.8, 4) is 17.2 Å². The lowest BCUT2D eigenvalue weighted by Crippen LogP contribution is -2.08. The van der Waals surface area contributed by atoms with Gasteiger partial charge in [0.1, 0.15) is 17.2 Å². The summed E-state index contributed by atoms with van der Waals surface area (Å²) in [6, 6.07) is 12.7. The van der Waals surface area contributed by atoms with Gasteiger partial charge in [-0.1, -0.05) is 0 Å². The van der Waals surface area contributed by atoms with Crippen LogP contribution >= 0.6 is 0 Å². The van der Waals surface area contributed by atoms with Crippen LogP contribution in [0.1, 0.15) is 19.4 Å². The Bertz CT molecular complexity index is 736. The van der Waals surface area contributed by atoms with Crippen LogP contribution in [0.4, 0.5) is 5.69 Å². The monoisotopic (exact) mass is 341 g/mol. The molecule has 0 unspecified atom stereocenters. The van der Waals surface area contributed by atoms with Gasteiger partial charge in [-0.05, 0) is 56.3 Å². The van der Waals surface area contributed by atoms with Crippen LogP contribution in [-0.4, -0.2) is 26.2 Å². The molecular formula is C20H23NO4. The third-order valence-corrected chi connectivity index (χ3v) is 3.35. The summed E-state index contributed by atoms with van der Waals surface area (Å²) in [5.74, 6) is 1.88. The average Bonchev–Trinajstić information content (AvgIpc) is 2.61. The lowest BCUT2D eigenvalue weighted by molar-refractivity contribution is -0.111. The van der Waals surface area contributed by atoms with E-state index in [4.69, 9.17) is 14.2 Å². The third-order valence-electron chi connectivity index (χ3n) is 3.35. The first-order valence-electron chi connectivity index (χ1n) is 7.99. The van der Waals surface area contributed by atoms with Gasteiger partial charge in [0.25, 0.3) is 0 Å². The van der Waals surface area contributed by atoms with E-state index in [1.54, 1.807) is 38.5 Å². The Labute approximate surface area is 148 Å². The number of hydrogen-bond donors (Lipinski definition) is 1. The van der Waals surface area contributed by atoms with Gasteiger partial charge in [0, 0.05) is 23.4 Å². The molecule has 25 heavy (non-hydrogen) atoms. The summed E-state index contributed by atoms with van der Waals surface area (Å²) < 4.78 is 16.0. The molecule has 5 nitrogen and oxygen atoms in total. The molecule has 0 saturated heterocycles. The molecule has 0 aliphatic carbocycles. The Balaban J connectivity index is 2.01. The first-order chi connectivity index (χ1) is 12.0. The summed E-state index contributed by atoms with van der Waals surface area (Å²) in [4.78, 5) is 12.1. The van der Waals surface area contributed by atoms with Crippen LogP contribution in [0, 0.1) is 0 Å². The average molecular weight is 341 g/mol. The van der Waals surface area contributed by atoms with Gasteiger partial charge in [-0.25, -0.2) is 0 Å². The predicted octanol–water partition coefficient (Wildman–Crippen LogP) is 4.14. The summed E-state index contributed by atoms with van der Waals surface area (Å²) in [7, 11) is 3.17. The van der Waals surface area contributed by atoms with Crippen molar-refractivity contribution < 1.29 is 19.0 Å².